The Morgan fingerprint density at radius 2 is 1.98 bits per heavy atom. The largest absolute Gasteiger partial charge is 0.371 e. The van der Waals surface area contributed by atoms with E-state index in [0.29, 0.717) is 30.7 Å². The molecule has 0 radical (unpaired) electrons. The molecule has 0 amide bonds. The van der Waals surface area contributed by atoms with Gasteiger partial charge in [0.25, 0.3) is 5.56 Å². The summed E-state index contributed by atoms with van der Waals surface area (Å²) in [7, 11) is 2.11. The molecule has 2 aliphatic heterocycles. The summed E-state index contributed by atoms with van der Waals surface area (Å²) in [4.78, 5) is 34.9. The van der Waals surface area contributed by atoms with Crippen LogP contribution in [-0.4, -0.2) is 62.7 Å². The molecule has 3 fully saturated rings. The summed E-state index contributed by atoms with van der Waals surface area (Å²) < 4.78 is 7.69. The van der Waals surface area contributed by atoms with E-state index in [1.165, 1.54) is 0 Å². The Morgan fingerprint density at radius 1 is 1.10 bits per heavy atom. The zero-order valence-corrected chi connectivity index (χ0v) is 23.4. The van der Waals surface area contributed by atoms with Crippen LogP contribution in [0.4, 0.5) is 11.6 Å². The normalized spacial score (nSPS) is 21.7. The quantitative estimate of drug-likeness (QED) is 0.351. The van der Waals surface area contributed by atoms with Gasteiger partial charge in [0.2, 0.25) is 5.95 Å². The van der Waals surface area contributed by atoms with Crippen molar-refractivity contribution in [2.24, 2.45) is 0 Å². The third-order valence-corrected chi connectivity index (χ3v) is 8.57. The van der Waals surface area contributed by atoms with Gasteiger partial charge in [-0.1, -0.05) is 18.6 Å². The van der Waals surface area contributed by atoms with Crippen LogP contribution in [0.1, 0.15) is 72.6 Å². The zero-order valence-electron chi connectivity index (χ0n) is 23.4. The third-order valence-electron chi connectivity index (χ3n) is 8.57. The minimum absolute atomic E-state index is 0.00283. The number of piperidine rings is 1. The van der Waals surface area contributed by atoms with Crippen LogP contribution in [0.5, 0.6) is 0 Å². The van der Waals surface area contributed by atoms with E-state index >= 15 is 0 Å². The second-order valence-corrected chi connectivity index (χ2v) is 11.5. The number of pyridine rings is 1. The Hall–Kier alpha value is -3.73. The lowest BCUT2D eigenvalue weighted by atomic mass is 9.96. The molecule has 5 heterocycles. The van der Waals surface area contributed by atoms with E-state index in [-0.39, 0.29) is 17.7 Å². The van der Waals surface area contributed by atoms with Crippen LogP contribution in [0.2, 0.25) is 0 Å². The molecule has 1 saturated carbocycles. The molecule has 2 saturated heterocycles. The number of ether oxygens (including phenoxy) is 1. The Kier molecular flexibility index (Phi) is 7.20. The summed E-state index contributed by atoms with van der Waals surface area (Å²) in [5.74, 6) is 0.899. The van der Waals surface area contributed by atoms with Gasteiger partial charge in [-0.15, -0.1) is 0 Å². The van der Waals surface area contributed by atoms with Crippen LogP contribution in [0.25, 0.3) is 11.0 Å². The average molecular weight is 553 g/mol. The number of hydrogen-bond donors (Lipinski definition) is 2. The highest BCUT2D eigenvalue weighted by atomic mass is 16.5. The maximum atomic E-state index is 14.2. The van der Waals surface area contributed by atoms with Gasteiger partial charge < -0.3 is 15.4 Å². The highest BCUT2D eigenvalue weighted by molar-refractivity contribution is 5.77. The molecular weight excluding hydrogens is 516 g/mol. The van der Waals surface area contributed by atoms with Gasteiger partial charge in [-0.05, 0) is 63.0 Å². The van der Waals surface area contributed by atoms with E-state index in [9.17, 15) is 4.79 Å². The van der Waals surface area contributed by atoms with Gasteiger partial charge in [0.15, 0.2) is 0 Å². The number of aromatic nitrogens is 5. The number of anilines is 2. The number of morpholine rings is 1. The lowest BCUT2D eigenvalue weighted by Crippen LogP contribution is -2.36. The van der Waals surface area contributed by atoms with Crippen LogP contribution in [0.15, 0.2) is 53.8 Å². The number of hydrogen-bond acceptors (Lipinski definition) is 9. The molecule has 7 rings (SSSR count). The van der Waals surface area contributed by atoms with Gasteiger partial charge in [-0.2, -0.15) is 4.98 Å². The maximum Gasteiger partial charge on any atom is 0.257 e. The molecule has 1 aromatic carbocycles. The van der Waals surface area contributed by atoms with Gasteiger partial charge in [0.1, 0.15) is 12.0 Å². The number of benzene rings is 1. The molecule has 0 spiro atoms. The summed E-state index contributed by atoms with van der Waals surface area (Å²) in [6, 6.07) is 10.2. The lowest BCUT2D eigenvalue weighted by Gasteiger charge is -2.32. The van der Waals surface area contributed by atoms with E-state index in [1.807, 2.05) is 30.6 Å². The van der Waals surface area contributed by atoms with Crippen molar-refractivity contribution in [1.82, 2.24) is 34.7 Å². The van der Waals surface area contributed by atoms with Gasteiger partial charge in [-0.3, -0.25) is 14.3 Å². The van der Waals surface area contributed by atoms with Crippen molar-refractivity contribution in [3.05, 3.63) is 81.8 Å². The molecule has 2 N–H and O–H groups in total. The molecule has 3 aliphatic rings. The number of nitrogens with one attached hydrogen (secondary N) is 2. The van der Waals surface area contributed by atoms with Crippen molar-refractivity contribution in [2.45, 2.75) is 56.7 Å². The Balaban J connectivity index is 1.25. The van der Waals surface area contributed by atoms with Gasteiger partial charge in [-0.25, -0.2) is 15.0 Å². The zero-order chi connectivity index (χ0) is 27.8. The molecule has 0 bridgehead atoms. The third kappa shape index (κ3) is 5.47. The summed E-state index contributed by atoms with van der Waals surface area (Å²) in [5, 5.41) is 7.56. The van der Waals surface area contributed by atoms with Crippen LogP contribution < -0.4 is 16.2 Å². The van der Waals surface area contributed by atoms with Crippen molar-refractivity contribution in [3.63, 3.8) is 0 Å². The Morgan fingerprint density at radius 3 is 2.76 bits per heavy atom. The van der Waals surface area contributed by atoms with Crippen LogP contribution >= 0.6 is 0 Å². The molecule has 4 aromatic rings. The number of rotatable bonds is 7. The molecular formula is C31H36N8O2. The Labute approximate surface area is 239 Å². The van der Waals surface area contributed by atoms with E-state index < -0.39 is 0 Å². The van der Waals surface area contributed by atoms with E-state index in [4.69, 9.17) is 9.72 Å². The SMILES string of the molecule is CN1CCCCC1c1cc2cnc(Nc3ccc(C4CNCCO4)cc3)nc2n(Cc2cncnc2C2CC2)c1=O. The number of likely N-dealkylation sites (tertiary alicyclic amines) is 1. The van der Waals surface area contributed by atoms with Crippen molar-refractivity contribution in [2.75, 3.05) is 38.6 Å². The molecule has 2 atom stereocenters. The first-order valence-corrected chi connectivity index (χ1v) is 14.7. The highest BCUT2D eigenvalue weighted by Crippen LogP contribution is 2.40. The standard InChI is InChI=1S/C31H36N8O2/c1-38-12-3-2-4-26(38)25-14-22-16-34-31(36-24-9-7-20(8-10-24)27-17-32-11-13-41-27)37-29(22)39(30(25)40)18-23-15-33-19-35-28(23)21-5-6-21/h7-10,14-16,19,21,26-27,32H,2-6,11-13,17-18H2,1H3,(H,34,36,37). The van der Waals surface area contributed by atoms with Crippen LogP contribution in [-0.2, 0) is 11.3 Å². The first-order chi connectivity index (χ1) is 20.1. The minimum Gasteiger partial charge on any atom is -0.371 e. The summed E-state index contributed by atoms with van der Waals surface area (Å²) in [5.41, 5.74) is 5.45. The second kappa shape index (κ2) is 11.3. The fraction of sp³-hybridized carbons (Fsp3) is 0.452. The monoisotopic (exact) mass is 552 g/mol. The average Bonchev–Trinajstić information content (AvgIpc) is 3.86. The van der Waals surface area contributed by atoms with Crippen molar-refractivity contribution < 1.29 is 4.74 Å². The molecule has 3 aromatic heterocycles. The predicted molar refractivity (Wildman–Crippen MR) is 157 cm³/mol. The van der Waals surface area contributed by atoms with E-state index in [2.05, 4.69) is 49.7 Å². The lowest BCUT2D eigenvalue weighted by molar-refractivity contribution is 0.0277. The summed E-state index contributed by atoms with van der Waals surface area (Å²) >= 11 is 0. The van der Waals surface area contributed by atoms with Gasteiger partial charge >= 0.3 is 0 Å². The number of fused-ring (bicyclic) bond motifs is 1. The first kappa shape index (κ1) is 26.2. The molecule has 2 unspecified atom stereocenters. The highest BCUT2D eigenvalue weighted by Gasteiger charge is 2.29. The smallest absolute Gasteiger partial charge is 0.257 e. The fourth-order valence-corrected chi connectivity index (χ4v) is 6.17. The van der Waals surface area contributed by atoms with E-state index in [1.54, 1.807) is 10.9 Å². The van der Waals surface area contributed by atoms with Crippen molar-refractivity contribution in [3.8, 4) is 0 Å². The first-order valence-electron chi connectivity index (χ1n) is 14.7. The topological polar surface area (TPSA) is 110 Å². The van der Waals surface area contributed by atoms with Crippen molar-refractivity contribution in [1.29, 1.82) is 0 Å². The Bertz CT molecular complexity index is 1590. The van der Waals surface area contributed by atoms with Crippen LogP contribution in [0.3, 0.4) is 0 Å². The predicted octanol–water partition coefficient (Wildman–Crippen LogP) is 4.07. The van der Waals surface area contributed by atoms with E-state index in [0.717, 1.165) is 85.2 Å². The summed E-state index contributed by atoms with van der Waals surface area (Å²) in [6.07, 6.45) is 10.9. The summed E-state index contributed by atoms with van der Waals surface area (Å²) in [6.45, 7) is 3.78. The number of nitrogens with zero attached hydrogens (tertiary/aromatic N) is 6. The molecule has 41 heavy (non-hydrogen) atoms. The molecule has 10 heteroatoms. The molecule has 10 nitrogen and oxygen atoms in total. The maximum absolute atomic E-state index is 14.2. The van der Waals surface area contributed by atoms with Gasteiger partial charge in [0.05, 0.1) is 24.9 Å². The second-order valence-electron chi connectivity index (χ2n) is 11.5. The fourth-order valence-electron chi connectivity index (χ4n) is 6.17. The molecule has 212 valence electrons. The van der Waals surface area contributed by atoms with Gasteiger partial charge in [0, 0.05) is 59.6 Å². The van der Waals surface area contributed by atoms with Crippen LogP contribution in [0, 0.1) is 0 Å². The minimum atomic E-state index is -0.00283. The molecule has 1 aliphatic carbocycles. The van der Waals surface area contributed by atoms with Crippen molar-refractivity contribution >= 4 is 22.7 Å².